The number of rotatable bonds is 7. The number of nitrogens with zero attached hydrogens (tertiary/aromatic N) is 1. The van der Waals surface area contributed by atoms with Crippen LogP contribution < -0.4 is 4.74 Å². The minimum atomic E-state index is -0.255. The summed E-state index contributed by atoms with van der Waals surface area (Å²) in [6.45, 7) is 7.17. The van der Waals surface area contributed by atoms with Gasteiger partial charge in [-0.25, -0.2) is 4.39 Å². The van der Waals surface area contributed by atoms with Crippen molar-refractivity contribution in [3.8, 4) is 5.75 Å². The molecule has 0 saturated carbocycles. The molecular formula is C24H33FNO+. The average molecular weight is 371 g/mol. The van der Waals surface area contributed by atoms with E-state index in [2.05, 4.69) is 30.3 Å². The molecule has 27 heavy (non-hydrogen) atoms. The summed E-state index contributed by atoms with van der Waals surface area (Å²) in [7, 11) is 0. The molecule has 2 nitrogen and oxygen atoms in total. The molecule has 1 heterocycles. The Morgan fingerprint density at radius 3 is 2.30 bits per heavy atom. The first-order valence-corrected chi connectivity index (χ1v) is 10.5. The molecule has 0 N–H and O–H groups in total. The Morgan fingerprint density at radius 2 is 1.59 bits per heavy atom. The lowest BCUT2D eigenvalue weighted by atomic mass is 10.0. The summed E-state index contributed by atoms with van der Waals surface area (Å²) < 4.78 is 20.9. The minimum Gasteiger partial charge on any atom is -0.490 e. The fourth-order valence-electron chi connectivity index (χ4n) is 4.34. The van der Waals surface area contributed by atoms with E-state index in [4.69, 9.17) is 4.74 Å². The van der Waals surface area contributed by atoms with Gasteiger partial charge in [-0.1, -0.05) is 48.9 Å². The molecule has 2 aromatic carbocycles. The molecule has 1 fully saturated rings. The molecule has 0 amide bonds. The SMILES string of the molecule is Cc1cccc(F)c1OCCC[N+]1(Cc2ccccc2)CCCCCCC1. The van der Waals surface area contributed by atoms with Gasteiger partial charge in [-0.3, -0.25) is 0 Å². The second-order valence-corrected chi connectivity index (χ2v) is 8.01. The number of likely N-dealkylation sites (tertiary alicyclic amines) is 1. The number of ether oxygens (including phenoxy) is 1. The maximum Gasteiger partial charge on any atom is 0.165 e. The number of hydrogen-bond acceptors (Lipinski definition) is 1. The largest absolute Gasteiger partial charge is 0.490 e. The standard InChI is InChI=1S/C24H33FNO/c1-21-12-10-15-23(25)24(21)27-19-11-18-26(16-8-3-2-4-9-17-26)20-22-13-6-5-7-14-22/h5-7,10,12-15H,2-4,8-9,11,16-20H2,1H3/q+1. The van der Waals surface area contributed by atoms with E-state index in [-0.39, 0.29) is 5.82 Å². The molecular weight excluding hydrogens is 337 g/mol. The van der Waals surface area contributed by atoms with E-state index >= 15 is 0 Å². The van der Waals surface area contributed by atoms with Crippen molar-refractivity contribution in [1.82, 2.24) is 0 Å². The fraction of sp³-hybridized carbons (Fsp3) is 0.500. The molecule has 2 aromatic rings. The first-order valence-electron chi connectivity index (χ1n) is 10.5. The predicted molar refractivity (Wildman–Crippen MR) is 109 cm³/mol. The van der Waals surface area contributed by atoms with Gasteiger partial charge in [0.15, 0.2) is 11.6 Å². The van der Waals surface area contributed by atoms with Gasteiger partial charge >= 0.3 is 0 Å². The zero-order chi connectivity index (χ0) is 19.0. The van der Waals surface area contributed by atoms with Gasteiger partial charge in [0.1, 0.15) is 6.54 Å². The molecule has 0 aliphatic carbocycles. The molecule has 146 valence electrons. The van der Waals surface area contributed by atoms with Crippen molar-refractivity contribution >= 4 is 0 Å². The summed E-state index contributed by atoms with van der Waals surface area (Å²) in [6, 6.07) is 16.0. The predicted octanol–water partition coefficient (Wildman–Crippen LogP) is 5.88. The van der Waals surface area contributed by atoms with Crippen LogP contribution in [0.5, 0.6) is 5.75 Å². The maximum absolute atomic E-state index is 14.0. The van der Waals surface area contributed by atoms with Gasteiger partial charge in [0.05, 0.1) is 26.2 Å². The Morgan fingerprint density at radius 1 is 0.889 bits per heavy atom. The zero-order valence-electron chi connectivity index (χ0n) is 16.6. The number of benzene rings is 2. The second-order valence-electron chi connectivity index (χ2n) is 8.01. The second kappa shape index (κ2) is 9.89. The van der Waals surface area contributed by atoms with Crippen molar-refractivity contribution in [3.05, 3.63) is 65.5 Å². The number of aryl methyl sites for hydroxylation is 1. The highest BCUT2D eigenvalue weighted by atomic mass is 19.1. The van der Waals surface area contributed by atoms with E-state index in [0.29, 0.717) is 12.4 Å². The lowest BCUT2D eigenvalue weighted by Crippen LogP contribution is -2.50. The monoisotopic (exact) mass is 370 g/mol. The quantitative estimate of drug-likeness (QED) is 0.436. The van der Waals surface area contributed by atoms with E-state index in [9.17, 15) is 4.39 Å². The Bertz CT molecular complexity index is 673. The van der Waals surface area contributed by atoms with Gasteiger partial charge in [0.25, 0.3) is 0 Å². The van der Waals surface area contributed by atoms with E-state index in [1.807, 2.05) is 13.0 Å². The van der Waals surface area contributed by atoms with Crippen LogP contribution in [0.3, 0.4) is 0 Å². The van der Waals surface area contributed by atoms with Crippen molar-refractivity contribution in [2.75, 3.05) is 26.2 Å². The van der Waals surface area contributed by atoms with Gasteiger partial charge in [-0.2, -0.15) is 0 Å². The summed E-state index contributed by atoms with van der Waals surface area (Å²) in [6.07, 6.45) is 7.64. The molecule has 1 aliphatic heterocycles. The van der Waals surface area contributed by atoms with Crippen molar-refractivity contribution in [3.63, 3.8) is 0 Å². The topological polar surface area (TPSA) is 9.23 Å². The molecule has 0 unspecified atom stereocenters. The summed E-state index contributed by atoms with van der Waals surface area (Å²) in [5.74, 6) is 0.161. The molecule has 1 saturated heterocycles. The Labute approximate surface area is 163 Å². The van der Waals surface area contributed by atoms with Crippen LogP contribution in [0.25, 0.3) is 0 Å². The Kier molecular flexibility index (Phi) is 7.28. The summed E-state index contributed by atoms with van der Waals surface area (Å²) in [4.78, 5) is 0. The van der Waals surface area contributed by atoms with Gasteiger partial charge in [-0.15, -0.1) is 0 Å². The average Bonchev–Trinajstić information content (AvgIpc) is 2.65. The van der Waals surface area contributed by atoms with Crippen molar-refractivity contribution in [1.29, 1.82) is 0 Å². The van der Waals surface area contributed by atoms with Crippen LogP contribution in [0.4, 0.5) is 4.39 Å². The third-order valence-corrected chi connectivity index (χ3v) is 5.81. The van der Waals surface area contributed by atoms with Crippen molar-refractivity contribution in [2.24, 2.45) is 0 Å². The van der Waals surface area contributed by atoms with Gasteiger partial charge in [0.2, 0.25) is 0 Å². The molecule has 0 atom stereocenters. The summed E-state index contributed by atoms with van der Waals surface area (Å²) in [5.41, 5.74) is 2.29. The highest BCUT2D eigenvalue weighted by molar-refractivity contribution is 5.33. The fourth-order valence-corrected chi connectivity index (χ4v) is 4.34. The first-order chi connectivity index (χ1) is 13.2. The Hall–Kier alpha value is -1.87. The van der Waals surface area contributed by atoms with Crippen LogP contribution in [0.1, 0.15) is 49.7 Å². The molecule has 0 spiro atoms. The smallest absolute Gasteiger partial charge is 0.165 e. The summed E-state index contributed by atoms with van der Waals surface area (Å²) >= 11 is 0. The number of para-hydroxylation sites is 1. The van der Waals surface area contributed by atoms with Gasteiger partial charge < -0.3 is 9.22 Å². The van der Waals surface area contributed by atoms with Crippen molar-refractivity contribution in [2.45, 2.75) is 52.0 Å². The van der Waals surface area contributed by atoms with Crippen LogP contribution in [-0.2, 0) is 6.54 Å². The minimum absolute atomic E-state index is 0.255. The number of quaternary nitrogens is 1. The van der Waals surface area contributed by atoms with Gasteiger partial charge in [0, 0.05) is 12.0 Å². The molecule has 3 heteroatoms. The van der Waals surface area contributed by atoms with Gasteiger partial charge in [-0.05, 0) is 44.2 Å². The lowest BCUT2D eigenvalue weighted by molar-refractivity contribution is -0.942. The van der Waals surface area contributed by atoms with Crippen LogP contribution in [0, 0.1) is 12.7 Å². The highest BCUT2D eigenvalue weighted by Crippen LogP contribution is 2.24. The van der Waals surface area contributed by atoms with E-state index in [1.165, 1.54) is 56.8 Å². The molecule has 3 rings (SSSR count). The van der Waals surface area contributed by atoms with Crippen LogP contribution in [0.2, 0.25) is 0 Å². The normalized spacial score (nSPS) is 17.1. The van der Waals surface area contributed by atoms with Crippen molar-refractivity contribution < 1.29 is 13.6 Å². The number of hydrogen-bond donors (Lipinski definition) is 0. The molecule has 0 radical (unpaired) electrons. The third-order valence-electron chi connectivity index (χ3n) is 5.81. The van der Waals surface area contributed by atoms with Crippen LogP contribution in [0.15, 0.2) is 48.5 Å². The first kappa shape index (κ1) is 19.9. The highest BCUT2D eigenvalue weighted by Gasteiger charge is 2.28. The zero-order valence-corrected chi connectivity index (χ0v) is 16.6. The third kappa shape index (κ3) is 5.80. The van der Waals surface area contributed by atoms with E-state index in [1.54, 1.807) is 6.07 Å². The molecule has 0 bridgehead atoms. The molecule has 0 aromatic heterocycles. The summed E-state index contributed by atoms with van der Waals surface area (Å²) in [5, 5.41) is 0. The molecule has 1 aliphatic rings. The maximum atomic E-state index is 14.0. The van der Waals surface area contributed by atoms with Crippen LogP contribution in [-0.4, -0.2) is 30.7 Å². The van der Waals surface area contributed by atoms with E-state index in [0.717, 1.165) is 29.6 Å². The number of halogens is 1. The lowest BCUT2D eigenvalue weighted by Gasteiger charge is -2.40. The van der Waals surface area contributed by atoms with Crippen LogP contribution >= 0.6 is 0 Å². The van der Waals surface area contributed by atoms with E-state index < -0.39 is 0 Å². The Balaban J connectivity index is 1.62.